The molecule has 1 aliphatic heterocycles. The summed E-state index contributed by atoms with van der Waals surface area (Å²) in [5.74, 6) is 1.48. The highest BCUT2D eigenvalue weighted by atomic mass is 16.5. The van der Waals surface area contributed by atoms with Crippen molar-refractivity contribution < 1.29 is 9.47 Å². The fourth-order valence-corrected chi connectivity index (χ4v) is 3.54. The predicted molar refractivity (Wildman–Crippen MR) is 103 cm³/mol. The molecule has 2 aliphatic rings. The molecule has 2 N–H and O–H groups in total. The Labute approximate surface area is 153 Å². The number of morpholine rings is 1. The summed E-state index contributed by atoms with van der Waals surface area (Å²) >= 11 is 0. The van der Waals surface area contributed by atoms with E-state index in [-0.39, 0.29) is 0 Å². The number of aliphatic imine (C=N–C) groups is 1. The van der Waals surface area contributed by atoms with Crippen molar-refractivity contribution >= 4 is 5.96 Å². The van der Waals surface area contributed by atoms with Gasteiger partial charge in [0.05, 0.1) is 19.3 Å². The molecule has 1 saturated carbocycles. The molecule has 0 aromatic rings. The van der Waals surface area contributed by atoms with E-state index in [1.165, 1.54) is 32.1 Å². The van der Waals surface area contributed by atoms with Gasteiger partial charge in [0, 0.05) is 46.4 Å². The lowest BCUT2D eigenvalue weighted by molar-refractivity contribution is 0.0276. The van der Waals surface area contributed by atoms with E-state index < -0.39 is 0 Å². The Kier molecular flexibility index (Phi) is 10.2. The molecule has 1 heterocycles. The second-order valence-electron chi connectivity index (χ2n) is 7.38. The number of rotatable bonds is 9. The SMILES string of the molecule is CN=C(NCCCOC1CCCCC1)NCC(C)CN1CCOCC1. The minimum Gasteiger partial charge on any atom is -0.379 e. The highest BCUT2D eigenvalue weighted by Crippen LogP contribution is 2.20. The molecular weight excluding hydrogens is 316 g/mol. The van der Waals surface area contributed by atoms with E-state index in [0.717, 1.165) is 64.9 Å². The normalized spacial score (nSPS) is 21.9. The van der Waals surface area contributed by atoms with E-state index in [1.54, 1.807) is 0 Å². The number of hydrogen-bond acceptors (Lipinski definition) is 4. The lowest BCUT2D eigenvalue weighted by Crippen LogP contribution is -2.44. The molecule has 0 aromatic carbocycles. The summed E-state index contributed by atoms with van der Waals surface area (Å²) in [5, 5.41) is 6.83. The van der Waals surface area contributed by atoms with Crippen LogP contribution in [0.1, 0.15) is 45.4 Å². The quantitative estimate of drug-likeness (QED) is 0.376. The molecule has 1 saturated heterocycles. The van der Waals surface area contributed by atoms with Crippen LogP contribution in [-0.2, 0) is 9.47 Å². The molecule has 2 rings (SSSR count). The third-order valence-corrected chi connectivity index (χ3v) is 5.03. The Hall–Kier alpha value is -0.850. The Morgan fingerprint density at radius 1 is 1.20 bits per heavy atom. The molecule has 0 bridgehead atoms. The molecule has 2 fully saturated rings. The number of hydrogen-bond donors (Lipinski definition) is 2. The van der Waals surface area contributed by atoms with Crippen molar-refractivity contribution in [2.75, 3.05) is 59.6 Å². The molecular formula is C19H38N4O2. The van der Waals surface area contributed by atoms with Crippen LogP contribution in [0.5, 0.6) is 0 Å². The fourth-order valence-electron chi connectivity index (χ4n) is 3.54. The van der Waals surface area contributed by atoms with Gasteiger partial charge >= 0.3 is 0 Å². The van der Waals surface area contributed by atoms with Gasteiger partial charge in [0.15, 0.2) is 5.96 Å². The number of guanidine groups is 1. The van der Waals surface area contributed by atoms with Gasteiger partial charge in [-0.05, 0) is 25.2 Å². The van der Waals surface area contributed by atoms with Crippen molar-refractivity contribution in [2.45, 2.75) is 51.6 Å². The van der Waals surface area contributed by atoms with Crippen molar-refractivity contribution in [2.24, 2.45) is 10.9 Å². The van der Waals surface area contributed by atoms with E-state index in [2.05, 4.69) is 27.4 Å². The van der Waals surface area contributed by atoms with Crippen molar-refractivity contribution in [3.05, 3.63) is 0 Å². The first-order valence-corrected chi connectivity index (χ1v) is 10.1. The molecule has 146 valence electrons. The van der Waals surface area contributed by atoms with Crippen molar-refractivity contribution in [3.8, 4) is 0 Å². The summed E-state index contributed by atoms with van der Waals surface area (Å²) in [6.45, 7) is 9.94. The lowest BCUT2D eigenvalue weighted by Gasteiger charge is -2.29. The molecule has 25 heavy (non-hydrogen) atoms. The van der Waals surface area contributed by atoms with Gasteiger partial charge in [0.2, 0.25) is 0 Å². The van der Waals surface area contributed by atoms with Crippen LogP contribution in [0, 0.1) is 5.92 Å². The smallest absolute Gasteiger partial charge is 0.190 e. The number of nitrogens with one attached hydrogen (secondary N) is 2. The topological polar surface area (TPSA) is 58.1 Å². The van der Waals surface area contributed by atoms with Crippen LogP contribution in [0.15, 0.2) is 4.99 Å². The van der Waals surface area contributed by atoms with Crippen LogP contribution in [0.4, 0.5) is 0 Å². The highest BCUT2D eigenvalue weighted by molar-refractivity contribution is 5.79. The van der Waals surface area contributed by atoms with Gasteiger partial charge in [-0.2, -0.15) is 0 Å². The van der Waals surface area contributed by atoms with Crippen LogP contribution >= 0.6 is 0 Å². The molecule has 6 nitrogen and oxygen atoms in total. The zero-order chi connectivity index (χ0) is 17.7. The van der Waals surface area contributed by atoms with Gasteiger partial charge in [-0.3, -0.25) is 9.89 Å². The Morgan fingerprint density at radius 2 is 1.96 bits per heavy atom. The van der Waals surface area contributed by atoms with Crippen molar-refractivity contribution in [1.29, 1.82) is 0 Å². The van der Waals surface area contributed by atoms with Gasteiger partial charge in [-0.1, -0.05) is 26.2 Å². The highest BCUT2D eigenvalue weighted by Gasteiger charge is 2.14. The molecule has 1 aliphatic carbocycles. The first kappa shape index (κ1) is 20.5. The van der Waals surface area contributed by atoms with Crippen LogP contribution < -0.4 is 10.6 Å². The Balaban J connectivity index is 1.49. The standard InChI is InChI=1S/C19H38N4O2/c1-17(16-23-10-13-24-14-11-23)15-22-19(20-2)21-9-6-12-25-18-7-4-3-5-8-18/h17-18H,3-16H2,1-2H3,(H2,20,21,22). The first-order chi connectivity index (χ1) is 12.3. The van der Waals surface area contributed by atoms with Gasteiger partial charge < -0.3 is 20.1 Å². The van der Waals surface area contributed by atoms with Crippen LogP contribution in [0.2, 0.25) is 0 Å². The Bertz CT molecular complexity index is 366. The molecule has 1 unspecified atom stereocenters. The zero-order valence-corrected chi connectivity index (χ0v) is 16.3. The zero-order valence-electron chi connectivity index (χ0n) is 16.3. The maximum Gasteiger partial charge on any atom is 0.190 e. The van der Waals surface area contributed by atoms with E-state index in [1.807, 2.05) is 7.05 Å². The van der Waals surface area contributed by atoms with E-state index in [4.69, 9.17) is 9.47 Å². The van der Waals surface area contributed by atoms with Crippen molar-refractivity contribution in [3.63, 3.8) is 0 Å². The maximum atomic E-state index is 5.97. The van der Waals surface area contributed by atoms with Crippen LogP contribution in [-0.4, -0.2) is 76.6 Å². The second-order valence-corrected chi connectivity index (χ2v) is 7.38. The third-order valence-electron chi connectivity index (χ3n) is 5.03. The summed E-state index contributed by atoms with van der Waals surface area (Å²) in [6.07, 6.45) is 8.08. The van der Waals surface area contributed by atoms with Crippen molar-refractivity contribution in [1.82, 2.24) is 15.5 Å². The molecule has 6 heteroatoms. The van der Waals surface area contributed by atoms with Crippen LogP contribution in [0.25, 0.3) is 0 Å². The van der Waals surface area contributed by atoms with Gasteiger partial charge in [0.1, 0.15) is 0 Å². The number of nitrogens with zero attached hydrogens (tertiary/aromatic N) is 2. The van der Waals surface area contributed by atoms with Gasteiger partial charge in [-0.25, -0.2) is 0 Å². The van der Waals surface area contributed by atoms with E-state index in [0.29, 0.717) is 12.0 Å². The fraction of sp³-hybridized carbons (Fsp3) is 0.947. The second kappa shape index (κ2) is 12.5. The molecule has 0 radical (unpaired) electrons. The molecule has 1 atom stereocenters. The minimum atomic E-state index is 0.507. The first-order valence-electron chi connectivity index (χ1n) is 10.1. The third kappa shape index (κ3) is 8.88. The average Bonchev–Trinajstić information content (AvgIpc) is 2.65. The predicted octanol–water partition coefficient (Wildman–Crippen LogP) is 1.86. The summed E-state index contributed by atoms with van der Waals surface area (Å²) in [5.41, 5.74) is 0. The maximum absolute atomic E-state index is 5.97. The van der Waals surface area contributed by atoms with E-state index in [9.17, 15) is 0 Å². The van der Waals surface area contributed by atoms with Gasteiger partial charge in [0.25, 0.3) is 0 Å². The lowest BCUT2D eigenvalue weighted by atomic mass is 9.98. The minimum absolute atomic E-state index is 0.507. The number of ether oxygens (including phenoxy) is 2. The summed E-state index contributed by atoms with van der Waals surface area (Å²) in [7, 11) is 1.83. The average molecular weight is 355 g/mol. The summed E-state index contributed by atoms with van der Waals surface area (Å²) < 4.78 is 11.4. The molecule has 0 aromatic heterocycles. The van der Waals surface area contributed by atoms with E-state index >= 15 is 0 Å². The summed E-state index contributed by atoms with van der Waals surface area (Å²) in [6, 6.07) is 0. The monoisotopic (exact) mass is 354 g/mol. The summed E-state index contributed by atoms with van der Waals surface area (Å²) in [4.78, 5) is 6.80. The Morgan fingerprint density at radius 3 is 2.68 bits per heavy atom. The molecule has 0 spiro atoms. The van der Waals surface area contributed by atoms with Gasteiger partial charge in [-0.15, -0.1) is 0 Å². The van der Waals surface area contributed by atoms with Crippen LogP contribution in [0.3, 0.4) is 0 Å². The molecule has 0 amide bonds. The largest absolute Gasteiger partial charge is 0.379 e.